The second-order valence-corrected chi connectivity index (χ2v) is 4.65. The average Bonchev–Trinajstić information content (AvgIpc) is 3.12. The van der Waals surface area contributed by atoms with E-state index in [9.17, 15) is 14.4 Å². The van der Waals surface area contributed by atoms with Crippen molar-refractivity contribution < 1.29 is 19.5 Å². The molecule has 0 radical (unpaired) electrons. The van der Waals surface area contributed by atoms with Gasteiger partial charge in [0.15, 0.2) is 0 Å². The van der Waals surface area contributed by atoms with E-state index < -0.39 is 12.0 Å². The van der Waals surface area contributed by atoms with Crippen molar-refractivity contribution in [2.24, 2.45) is 0 Å². The molecule has 1 aliphatic carbocycles. The van der Waals surface area contributed by atoms with E-state index in [-0.39, 0.29) is 24.8 Å². The van der Waals surface area contributed by atoms with E-state index in [1.807, 2.05) is 0 Å². The molecular weight excluding hydrogens is 238 g/mol. The number of nitrogens with one attached hydrogen (secondary N) is 2. The summed E-state index contributed by atoms with van der Waals surface area (Å²) in [5.41, 5.74) is 0. The van der Waals surface area contributed by atoms with Gasteiger partial charge in [0.1, 0.15) is 6.04 Å². The minimum atomic E-state index is -1.08. The van der Waals surface area contributed by atoms with Crippen LogP contribution in [-0.2, 0) is 14.4 Å². The molecule has 18 heavy (non-hydrogen) atoms. The second-order valence-electron chi connectivity index (χ2n) is 4.65. The lowest BCUT2D eigenvalue weighted by Crippen LogP contribution is -2.59. The summed E-state index contributed by atoms with van der Waals surface area (Å²) in [4.78, 5) is 35.7. The van der Waals surface area contributed by atoms with Crippen LogP contribution < -0.4 is 10.6 Å². The van der Waals surface area contributed by atoms with Crippen LogP contribution in [0, 0.1) is 0 Å². The molecule has 7 nitrogen and oxygen atoms in total. The third-order valence-corrected chi connectivity index (χ3v) is 3.14. The van der Waals surface area contributed by atoms with Crippen LogP contribution >= 0.6 is 0 Å². The molecule has 1 atom stereocenters. The van der Waals surface area contributed by atoms with Gasteiger partial charge in [0.25, 0.3) is 0 Å². The Hall–Kier alpha value is -1.63. The molecule has 1 saturated carbocycles. The van der Waals surface area contributed by atoms with E-state index in [4.69, 9.17) is 5.11 Å². The number of hydrogen-bond acceptors (Lipinski definition) is 4. The molecule has 0 aromatic carbocycles. The number of rotatable bonds is 5. The zero-order chi connectivity index (χ0) is 13.1. The van der Waals surface area contributed by atoms with E-state index in [1.54, 1.807) is 0 Å². The summed E-state index contributed by atoms with van der Waals surface area (Å²) < 4.78 is 0. The molecule has 1 heterocycles. The highest BCUT2D eigenvalue weighted by Crippen LogP contribution is 2.18. The summed E-state index contributed by atoms with van der Waals surface area (Å²) in [7, 11) is 0. The van der Waals surface area contributed by atoms with E-state index in [2.05, 4.69) is 10.6 Å². The van der Waals surface area contributed by atoms with Gasteiger partial charge in [-0.05, 0) is 12.8 Å². The molecule has 2 aliphatic rings. The highest BCUT2D eigenvalue weighted by molar-refractivity contribution is 5.92. The topological polar surface area (TPSA) is 98.7 Å². The number of nitrogens with zero attached hydrogens (tertiary/aromatic N) is 1. The van der Waals surface area contributed by atoms with E-state index in [0.29, 0.717) is 19.1 Å². The smallest absolute Gasteiger partial charge is 0.305 e. The van der Waals surface area contributed by atoms with Crippen LogP contribution in [0.3, 0.4) is 0 Å². The monoisotopic (exact) mass is 255 g/mol. The molecule has 1 unspecified atom stereocenters. The summed E-state index contributed by atoms with van der Waals surface area (Å²) in [6, 6.07) is -0.477. The van der Waals surface area contributed by atoms with Crippen molar-refractivity contribution in [2.45, 2.75) is 31.3 Å². The maximum Gasteiger partial charge on any atom is 0.305 e. The number of carbonyl (C=O) groups excluding carboxylic acids is 2. The third-order valence-electron chi connectivity index (χ3n) is 3.14. The van der Waals surface area contributed by atoms with Crippen molar-refractivity contribution >= 4 is 17.8 Å². The van der Waals surface area contributed by atoms with Crippen molar-refractivity contribution in [3.05, 3.63) is 0 Å². The van der Waals surface area contributed by atoms with Gasteiger partial charge < -0.3 is 20.6 Å². The molecule has 0 spiro atoms. The molecule has 0 aromatic rings. The first kappa shape index (κ1) is 12.8. The standard InChI is InChI=1S/C11H17N3O4/c15-9(6-13-7-1-2-7)14-4-3-12-11(18)8(14)5-10(16)17/h7-8,13H,1-6H2,(H,12,18)(H,16,17). The van der Waals surface area contributed by atoms with Gasteiger partial charge in [-0.25, -0.2) is 0 Å². The number of carbonyl (C=O) groups is 3. The van der Waals surface area contributed by atoms with Crippen molar-refractivity contribution in [3.8, 4) is 0 Å². The first-order chi connectivity index (χ1) is 8.58. The first-order valence-corrected chi connectivity index (χ1v) is 6.10. The quantitative estimate of drug-likeness (QED) is 0.557. The summed E-state index contributed by atoms with van der Waals surface area (Å²) in [5, 5.41) is 14.4. The Balaban J connectivity index is 1.94. The normalized spacial score (nSPS) is 23.7. The summed E-state index contributed by atoms with van der Waals surface area (Å²) in [6.07, 6.45) is 1.81. The lowest BCUT2D eigenvalue weighted by Gasteiger charge is -2.34. The zero-order valence-electron chi connectivity index (χ0n) is 10.0. The fraction of sp³-hybridized carbons (Fsp3) is 0.727. The Morgan fingerprint density at radius 2 is 2.17 bits per heavy atom. The van der Waals surface area contributed by atoms with Gasteiger partial charge in [0.05, 0.1) is 13.0 Å². The van der Waals surface area contributed by atoms with Crippen molar-refractivity contribution in [1.29, 1.82) is 0 Å². The Kier molecular flexibility index (Phi) is 3.81. The fourth-order valence-electron chi connectivity index (χ4n) is 2.00. The van der Waals surface area contributed by atoms with Crippen molar-refractivity contribution in [1.82, 2.24) is 15.5 Å². The van der Waals surface area contributed by atoms with Crippen LogP contribution in [0.1, 0.15) is 19.3 Å². The molecule has 2 fully saturated rings. The molecular formula is C11H17N3O4. The molecule has 2 amide bonds. The summed E-state index contributed by atoms with van der Waals surface area (Å²) in [5.74, 6) is -1.67. The fourth-order valence-corrected chi connectivity index (χ4v) is 2.00. The predicted molar refractivity (Wildman–Crippen MR) is 61.8 cm³/mol. The van der Waals surface area contributed by atoms with Crippen molar-refractivity contribution in [2.75, 3.05) is 19.6 Å². The van der Waals surface area contributed by atoms with E-state index in [0.717, 1.165) is 12.8 Å². The lowest BCUT2D eigenvalue weighted by molar-refractivity contribution is -0.148. The Bertz CT molecular complexity index is 367. The Morgan fingerprint density at radius 3 is 2.78 bits per heavy atom. The number of carboxylic acids is 1. The maximum atomic E-state index is 12.0. The van der Waals surface area contributed by atoms with Crippen molar-refractivity contribution in [3.63, 3.8) is 0 Å². The second kappa shape index (κ2) is 5.34. The highest BCUT2D eigenvalue weighted by Gasteiger charge is 2.34. The SMILES string of the molecule is O=C(O)CC1C(=O)NCCN1C(=O)CNC1CC1. The number of aliphatic carboxylic acids is 1. The van der Waals surface area contributed by atoms with Crippen LogP contribution in [-0.4, -0.2) is 59.5 Å². The van der Waals surface area contributed by atoms with E-state index in [1.165, 1.54) is 4.90 Å². The molecule has 0 aromatic heterocycles. The largest absolute Gasteiger partial charge is 0.481 e. The molecule has 3 N–H and O–H groups in total. The van der Waals surface area contributed by atoms with Crippen LogP contribution in [0.15, 0.2) is 0 Å². The molecule has 7 heteroatoms. The van der Waals surface area contributed by atoms with E-state index >= 15 is 0 Å². The minimum Gasteiger partial charge on any atom is -0.481 e. The van der Waals surface area contributed by atoms with Crippen LogP contribution in [0.5, 0.6) is 0 Å². The molecule has 100 valence electrons. The van der Waals surface area contributed by atoms with Gasteiger partial charge >= 0.3 is 5.97 Å². The van der Waals surface area contributed by atoms with Gasteiger partial charge in [0.2, 0.25) is 11.8 Å². The summed E-state index contributed by atoms with van der Waals surface area (Å²) in [6.45, 7) is 0.924. The highest BCUT2D eigenvalue weighted by atomic mass is 16.4. The maximum absolute atomic E-state index is 12.0. The molecule has 1 saturated heterocycles. The lowest BCUT2D eigenvalue weighted by atomic mass is 10.1. The van der Waals surface area contributed by atoms with Gasteiger partial charge in [-0.3, -0.25) is 14.4 Å². The Labute approximate surface area is 105 Å². The number of amides is 2. The van der Waals surface area contributed by atoms with Crippen LogP contribution in [0.25, 0.3) is 0 Å². The predicted octanol–water partition coefficient (Wildman–Crippen LogP) is -1.46. The average molecular weight is 255 g/mol. The number of hydrogen-bond donors (Lipinski definition) is 3. The summed E-state index contributed by atoms with van der Waals surface area (Å²) >= 11 is 0. The van der Waals surface area contributed by atoms with Gasteiger partial charge in [-0.2, -0.15) is 0 Å². The molecule has 2 rings (SSSR count). The van der Waals surface area contributed by atoms with Gasteiger partial charge in [-0.1, -0.05) is 0 Å². The third kappa shape index (κ3) is 3.19. The number of carboxylic acid groups (broad SMARTS) is 1. The first-order valence-electron chi connectivity index (χ1n) is 6.10. The van der Waals surface area contributed by atoms with Crippen LogP contribution in [0.4, 0.5) is 0 Å². The van der Waals surface area contributed by atoms with Gasteiger partial charge in [0, 0.05) is 19.1 Å². The Morgan fingerprint density at radius 1 is 1.44 bits per heavy atom. The zero-order valence-corrected chi connectivity index (χ0v) is 10.0. The molecule has 0 bridgehead atoms. The van der Waals surface area contributed by atoms with Gasteiger partial charge in [-0.15, -0.1) is 0 Å². The molecule has 1 aliphatic heterocycles. The minimum absolute atomic E-state index is 0.175. The van der Waals surface area contributed by atoms with Crippen LogP contribution in [0.2, 0.25) is 0 Å². The number of piperazine rings is 1.